The summed E-state index contributed by atoms with van der Waals surface area (Å²) in [7, 11) is -3.82. The van der Waals surface area contributed by atoms with Crippen molar-refractivity contribution in [2.75, 3.05) is 0 Å². The standard InChI is InChI=1S/C78H55N8OP/c1-77(2)61-34-20-22-36-67(61)85-65-40-38-52(75-81-71(48-24-10-5-11-25-48)79-72(82-75)49-26-12-6-13-27-49)42-57(65)59-44-55(46-63(77)69(59)85)88(87,54-32-18-9-19-33-54)56-45-60-58-43-53(39-41-66(58)86-68-37-23-21-35-62(68)78(3,4)64(47-56)70(60)86)76-83-73(50-28-14-7-15-29-50)80-74(84-76)51-30-16-8-17-31-51/h5-47H,1-4H3. The minimum atomic E-state index is -3.82. The van der Waals surface area contributed by atoms with Crippen LogP contribution in [0.4, 0.5) is 0 Å². The molecule has 0 saturated heterocycles. The first-order chi connectivity index (χ1) is 43.0. The van der Waals surface area contributed by atoms with Crippen molar-refractivity contribution in [1.29, 1.82) is 0 Å². The van der Waals surface area contributed by atoms with Crippen LogP contribution in [0.1, 0.15) is 49.9 Å². The summed E-state index contributed by atoms with van der Waals surface area (Å²) >= 11 is 0. The van der Waals surface area contributed by atoms with Crippen molar-refractivity contribution in [2.24, 2.45) is 0 Å². The molecule has 2 aliphatic heterocycles. The summed E-state index contributed by atoms with van der Waals surface area (Å²) in [6.07, 6.45) is 0. The van der Waals surface area contributed by atoms with Crippen LogP contribution in [0.15, 0.2) is 261 Å². The summed E-state index contributed by atoms with van der Waals surface area (Å²) in [5.41, 5.74) is 15.4. The van der Waals surface area contributed by atoms with Crippen LogP contribution < -0.4 is 15.9 Å². The maximum absolute atomic E-state index is 18.1. The molecule has 11 aromatic carbocycles. The molecule has 15 aromatic rings. The van der Waals surface area contributed by atoms with Gasteiger partial charge in [-0.1, -0.05) is 216 Å². The molecule has 0 amide bonds. The second kappa shape index (κ2) is 19.4. The predicted octanol–water partition coefficient (Wildman–Crippen LogP) is 17.2. The van der Waals surface area contributed by atoms with Gasteiger partial charge in [0.1, 0.15) is 0 Å². The molecule has 0 bridgehead atoms. The molecule has 0 N–H and O–H groups in total. The fourth-order valence-electron chi connectivity index (χ4n) is 14.0. The van der Waals surface area contributed by atoms with Gasteiger partial charge >= 0.3 is 0 Å². The van der Waals surface area contributed by atoms with Gasteiger partial charge in [0.15, 0.2) is 42.1 Å². The zero-order valence-electron chi connectivity index (χ0n) is 48.8. The van der Waals surface area contributed by atoms with E-state index in [2.05, 4.69) is 158 Å². The van der Waals surface area contributed by atoms with Crippen LogP contribution >= 0.6 is 7.14 Å². The topological polar surface area (TPSA) is 104 Å². The Morgan fingerprint density at radius 3 is 0.943 bits per heavy atom. The smallest absolute Gasteiger partial charge is 0.171 e. The van der Waals surface area contributed by atoms with Crippen LogP contribution in [0.2, 0.25) is 0 Å². The van der Waals surface area contributed by atoms with Gasteiger partial charge in [-0.2, -0.15) is 0 Å². The lowest BCUT2D eigenvalue weighted by atomic mass is 9.74. The third kappa shape index (κ3) is 7.76. The Balaban J connectivity index is 0.934. The highest BCUT2D eigenvalue weighted by Gasteiger charge is 2.42. The first-order valence-electron chi connectivity index (χ1n) is 29.9. The van der Waals surface area contributed by atoms with E-state index in [0.717, 1.165) is 115 Å². The molecule has 88 heavy (non-hydrogen) atoms. The van der Waals surface area contributed by atoms with Crippen molar-refractivity contribution in [3.8, 4) is 79.7 Å². The fraction of sp³-hybridized carbons (Fsp3) is 0.0769. The number of fused-ring (bicyclic) bond motifs is 10. The van der Waals surface area contributed by atoms with E-state index in [1.54, 1.807) is 0 Å². The first-order valence-corrected chi connectivity index (χ1v) is 31.6. The Morgan fingerprint density at radius 2 is 0.591 bits per heavy atom. The predicted molar refractivity (Wildman–Crippen MR) is 358 cm³/mol. The van der Waals surface area contributed by atoms with Gasteiger partial charge in [0, 0.05) is 81.7 Å². The van der Waals surface area contributed by atoms with E-state index < -0.39 is 18.0 Å². The van der Waals surface area contributed by atoms with Crippen molar-refractivity contribution in [2.45, 2.75) is 38.5 Å². The Bertz CT molecular complexity index is 4980. The molecule has 0 atom stereocenters. The summed E-state index contributed by atoms with van der Waals surface area (Å²) in [6.45, 7) is 9.25. The SMILES string of the molecule is CC1(C)c2ccccc2-n2c3ccc(-c4nc(-c5ccccc5)nc(-c5ccccc5)n4)cc3c3cc(P(=O)(c4ccccc4)c4cc5c6c(c4)c4cc(-c7nc(-c8ccccc8)nc(-c8ccccc8)n7)ccc4n6-c4ccccc4C5(C)C)cc1c32. The third-order valence-corrected chi connectivity index (χ3v) is 21.4. The molecule has 6 heterocycles. The van der Waals surface area contributed by atoms with Gasteiger partial charge < -0.3 is 13.7 Å². The number of hydrogen-bond acceptors (Lipinski definition) is 7. The Labute approximate surface area is 508 Å². The summed E-state index contributed by atoms with van der Waals surface area (Å²) in [6, 6.07) is 90.2. The molecule has 2 aliphatic rings. The van der Waals surface area contributed by atoms with Gasteiger partial charge in [-0.25, -0.2) is 29.9 Å². The van der Waals surface area contributed by atoms with E-state index in [0.29, 0.717) is 34.9 Å². The van der Waals surface area contributed by atoms with Crippen LogP contribution in [0.3, 0.4) is 0 Å². The van der Waals surface area contributed by atoms with Gasteiger partial charge in [0.05, 0.1) is 33.4 Å². The Hall–Kier alpha value is -10.7. The molecule has 418 valence electrons. The van der Waals surface area contributed by atoms with E-state index in [1.807, 2.05) is 140 Å². The number of rotatable bonds is 9. The van der Waals surface area contributed by atoms with Crippen LogP contribution in [0, 0.1) is 0 Å². The maximum atomic E-state index is 18.1. The van der Waals surface area contributed by atoms with E-state index in [1.165, 1.54) is 11.1 Å². The molecule has 0 saturated carbocycles. The molecule has 0 unspecified atom stereocenters. The second-order valence-corrected chi connectivity index (χ2v) is 27.0. The van der Waals surface area contributed by atoms with Crippen molar-refractivity contribution in [3.63, 3.8) is 0 Å². The van der Waals surface area contributed by atoms with Crippen LogP contribution in [0.25, 0.3) is 123 Å². The highest BCUT2D eigenvalue weighted by atomic mass is 31.2. The van der Waals surface area contributed by atoms with E-state index in [4.69, 9.17) is 29.9 Å². The zero-order chi connectivity index (χ0) is 59.0. The van der Waals surface area contributed by atoms with Gasteiger partial charge in [-0.15, -0.1) is 0 Å². The van der Waals surface area contributed by atoms with E-state index >= 15 is 4.57 Å². The molecule has 0 radical (unpaired) electrons. The summed E-state index contributed by atoms with van der Waals surface area (Å²) in [5.74, 6) is 3.50. The lowest BCUT2D eigenvalue weighted by Gasteiger charge is -2.36. The molecule has 10 heteroatoms. The largest absolute Gasteiger partial charge is 0.309 e. The Kier molecular flexibility index (Phi) is 11.4. The lowest BCUT2D eigenvalue weighted by molar-refractivity contribution is 0.592. The molecule has 4 aromatic heterocycles. The highest BCUT2D eigenvalue weighted by Crippen LogP contribution is 2.54. The average Bonchev–Trinajstić information content (AvgIpc) is 1.48. The highest BCUT2D eigenvalue weighted by molar-refractivity contribution is 7.85. The monoisotopic (exact) mass is 1150 g/mol. The average molecular weight is 1150 g/mol. The molecule has 0 aliphatic carbocycles. The minimum Gasteiger partial charge on any atom is -0.309 e. The molecule has 0 fully saturated rings. The summed E-state index contributed by atoms with van der Waals surface area (Å²) in [4.78, 5) is 30.9. The summed E-state index contributed by atoms with van der Waals surface area (Å²) < 4.78 is 22.9. The van der Waals surface area contributed by atoms with Gasteiger partial charge in [-0.3, -0.25) is 0 Å². The van der Waals surface area contributed by atoms with Crippen molar-refractivity contribution >= 4 is 66.7 Å². The summed E-state index contributed by atoms with van der Waals surface area (Å²) in [5, 5.41) is 6.29. The normalized spacial score (nSPS) is 13.7. The van der Waals surface area contributed by atoms with Crippen molar-refractivity contribution in [3.05, 3.63) is 283 Å². The molecule has 9 nitrogen and oxygen atoms in total. The van der Waals surface area contributed by atoms with Crippen LogP contribution in [-0.2, 0) is 15.4 Å². The fourth-order valence-corrected chi connectivity index (χ4v) is 16.7. The lowest BCUT2D eigenvalue weighted by Crippen LogP contribution is -2.32. The van der Waals surface area contributed by atoms with E-state index in [-0.39, 0.29) is 0 Å². The molecular formula is C78H55N8OP. The minimum absolute atomic E-state index is 0.496. The van der Waals surface area contributed by atoms with Gasteiger partial charge in [0.2, 0.25) is 0 Å². The maximum Gasteiger partial charge on any atom is 0.171 e. The number of aromatic nitrogens is 8. The zero-order valence-corrected chi connectivity index (χ0v) is 49.7. The second-order valence-electron chi connectivity index (χ2n) is 24.2. The van der Waals surface area contributed by atoms with Gasteiger partial charge in [-0.05, 0) is 95.1 Å². The number of benzene rings is 11. The third-order valence-electron chi connectivity index (χ3n) is 18.4. The number of nitrogens with zero attached hydrogens (tertiary/aromatic N) is 8. The van der Waals surface area contributed by atoms with Crippen molar-refractivity contribution in [1.82, 2.24) is 39.0 Å². The quantitative estimate of drug-likeness (QED) is 0.133. The molecular weight excluding hydrogens is 1100 g/mol. The Morgan fingerprint density at radius 1 is 0.284 bits per heavy atom. The van der Waals surface area contributed by atoms with E-state index in [9.17, 15) is 0 Å². The molecule has 0 spiro atoms. The molecule has 17 rings (SSSR count). The van der Waals surface area contributed by atoms with Gasteiger partial charge in [0.25, 0.3) is 0 Å². The van der Waals surface area contributed by atoms with Crippen LogP contribution in [-0.4, -0.2) is 39.0 Å². The number of hydrogen-bond donors (Lipinski definition) is 0. The number of para-hydroxylation sites is 2. The van der Waals surface area contributed by atoms with Crippen molar-refractivity contribution < 1.29 is 4.57 Å². The first kappa shape index (κ1) is 51.7. The van der Waals surface area contributed by atoms with Crippen LogP contribution in [0.5, 0.6) is 0 Å².